The van der Waals surface area contributed by atoms with Crippen LogP contribution in [0.1, 0.15) is 24.0 Å². The molecule has 1 rings (SSSR count). The van der Waals surface area contributed by atoms with Crippen molar-refractivity contribution in [2.45, 2.75) is 37.1 Å². The molecule has 12 heteroatoms. The largest absolute Gasteiger partial charge is 0.320 e. The maximum atomic E-state index is 12.0. The fraction of sp³-hybridized carbons (Fsp3) is 0.429. The van der Waals surface area contributed by atoms with Crippen molar-refractivity contribution in [1.29, 1.82) is 0 Å². The van der Waals surface area contributed by atoms with Crippen molar-refractivity contribution in [2.75, 3.05) is 6.26 Å². The summed E-state index contributed by atoms with van der Waals surface area (Å²) in [6, 6.07) is 1.36. The van der Waals surface area contributed by atoms with Crippen LogP contribution in [0.2, 0.25) is 5.02 Å². The highest BCUT2D eigenvalue weighted by molar-refractivity contribution is 7.89. The van der Waals surface area contributed by atoms with E-state index in [1.807, 2.05) is 0 Å². The highest BCUT2D eigenvalue weighted by atomic mass is 35.5. The van der Waals surface area contributed by atoms with E-state index in [9.17, 15) is 31.0 Å². The summed E-state index contributed by atoms with van der Waals surface area (Å²) in [5.41, 5.74) is 5.96. The van der Waals surface area contributed by atoms with Gasteiger partial charge in [-0.3, -0.25) is 18.9 Å². The normalized spacial score (nSPS) is 13.3. The molecule has 146 valence electrons. The number of Topliss-reactive ketones (excluding diaryl/α,β-unsaturated/α-hetero) is 1. The van der Waals surface area contributed by atoms with Crippen molar-refractivity contribution < 1.29 is 31.0 Å². The first kappa shape index (κ1) is 22.5. The summed E-state index contributed by atoms with van der Waals surface area (Å²) < 4.78 is 55.5. The molecule has 4 N–H and O–H groups in total. The Kier molecular flexibility index (Phi) is 7.31. The third-order valence-corrected chi connectivity index (χ3v) is 5.34. The predicted octanol–water partition coefficient (Wildman–Crippen LogP) is 0.190. The van der Waals surface area contributed by atoms with Crippen LogP contribution in [0.3, 0.4) is 0 Å². The lowest BCUT2D eigenvalue weighted by Crippen LogP contribution is -2.43. The number of sulfonamides is 1. The fourth-order valence-electron chi connectivity index (χ4n) is 2.10. The second-order valence-electron chi connectivity index (χ2n) is 5.77. The van der Waals surface area contributed by atoms with Crippen LogP contribution < -0.4 is 10.5 Å². The summed E-state index contributed by atoms with van der Waals surface area (Å²) >= 11 is 5.92. The molecule has 1 aromatic rings. The first-order valence-corrected chi connectivity index (χ1v) is 11.0. The number of carbonyl (C=O) groups excluding carboxylic acids is 2. The number of hydrogen-bond donors (Lipinski definition) is 3. The fourth-order valence-corrected chi connectivity index (χ4v) is 3.71. The summed E-state index contributed by atoms with van der Waals surface area (Å²) in [6.45, 7) is 1.41. The van der Waals surface area contributed by atoms with E-state index in [-0.39, 0.29) is 41.2 Å². The van der Waals surface area contributed by atoms with Crippen molar-refractivity contribution in [3.8, 4) is 0 Å². The molecule has 1 atom stereocenters. The minimum absolute atomic E-state index is 0.0761. The number of nitrogens with two attached hydrogens (primary N) is 1. The van der Waals surface area contributed by atoms with Gasteiger partial charge < -0.3 is 5.73 Å². The first-order chi connectivity index (χ1) is 11.7. The van der Waals surface area contributed by atoms with Gasteiger partial charge in [0.1, 0.15) is 5.78 Å². The number of amides is 1. The number of carbonyl (C=O) groups is 2. The van der Waals surface area contributed by atoms with E-state index in [2.05, 4.69) is 0 Å². The number of benzene rings is 1. The van der Waals surface area contributed by atoms with Crippen LogP contribution in [0.15, 0.2) is 17.0 Å². The molecule has 0 aromatic heterocycles. The molecule has 9 nitrogen and oxygen atoms in total. The van der Waals surface area contributed by atoms with E-state index < -0.39 is 37.0 Å². The summed E-state index contributed by atoms with van der Waals surface area (Å²) in [4.78, 5) is 23.2. The summed E-state index contributed by atoms with van der Waals surface area (Å²) in [5, 5.41) is 0.0761. The van der Waals surface area contributed by atoms with Crippen LogP contribution in [0.25, 0.3) is 0 Å². The number of ketones is 1. The quantitative estimate of drug-likeness (QED) is 0.496. The lowest BCUT2D eigenvalue weighted by atomic mass is 10.0. The van der Waals surface area contributed by atoms with E-state index in [0.29, 0.717) is 0 Å². The third kappa shape index (κ3) is 7.00. The van der Waals surface area contributed by atoms with Crippen molar-refractivity contribution in [3.63, 3.8) is 0 Å². The van der Waals surface area contributed by atoms with E-state index in [1.165, 1.54) is 13.0 Å². The van der Waals surface area contributed by atoms with Crippen LogP contribution in [0.5, 0.6) is 0 Å². The molecule has 0 spiro atoms. The lowest BCUT2D eigenvalue weighted by molar-refractivity contribution is -0.121. The van der Waals surface area contributed by atoms with Crippen LogP contribution in [0.4, 0.5) is 0 Å². The molecule has 1 aromatic carbocycles. The third-order valence-electron chi connectivity index (χ3n) is 3.39. The average Bonchev–Trinajstić information content (AvgIpc) is 2.45. The maximum absolute atomic E-state index is 12.0. The van der Waals surface area contributed by atoms with Gasteiger partial charge in [-0.05, 0) is 36.6 Å². The number of hydrogen-bond acceptors (Lipinski definition) is 7. The Labute approximate surface area is 156 Å². The second kappa shape index (κ2) is 8.44. The van der Waals surface area contributed by atoms with Crippen LogP contribution in [0, 0.1) is 6.92 Å². The van der Waals surface area contributed by atoms with Crippen LogP contribution in [-0.2, 0) is 36.2 Å². The van der Waals surface area contributed by atoms with Gasteiger partial charge in [-0.15, -0.1) is 0 Å². The van der Waals surface area contributed by atoms with E-state index in [1.54, 1.807) is 4.72 Å². The Bertz CT molecular complexity index is 927. The SMILES string of the molecule is Cc1c(Cl)cc(CC(=O)CC[C@H](N)C(=O)NS(C)(=O)=O)cc1S(=O)(=O)O. The van der Waals surface area contributed by atoms with Gasteiger partial charge in [0.2, 0.25) is 15.9 Å². The summed E-state index contributed by atoms with van der Waals surface area (Å²) in [7, 11) is -8.24. The van der Waals surface area contributed by atoms with Crippen molar-refractivity contribution in [3.05, 3.63) is 28.3 Å². The Balaban J connectivity index is 2.78. The molecular weight excluding hydrogens is 408 g/mol. The van der Waals surface area contributed by atoms with Crippen molar-refractivity contribution >= 4 is 43.4 Å². The number of halogens is 1. The van der Waals surface area contributed by atoms with Gasteiger partial charge in [0.05, 0.1) is 17.2 Å². The van der Waals surface area contributed by atoms with E-state index >= 15 is 0 Å². The molecule has 0 aliphatic heterocycles. The minimum atomic E-state index is -4.49. The Morgan fingerprint density at radius 1 is 1.27 bits per heavy atom. The zero-order valence-electron chi connectivity index (χ0n) is 14.0. The Morgan fingerprint density at radius 3 is 2.35 bits per heavy atom. The number of rotatable bonds is 8. The molecule has 0 aliphatic rings. The van der Waals surface area contributed by atoms with Crippen molar-refractivity contribution in [2.24, 2.45) is 5.73 Å². The second-order valence-corrected chi connectivity index (χ2v) is 9.32. The Hall–Kier alpha value is -1.53. The molecule has 0 heterocycles. The highest BCUT2D eigenvalue weighted by Gasteiger charge is 2.20. The molecule has 0 unspecified atom stereocenters. The van der Waals surface area contributed by atoms with Crippen LogP contribution >= 0.6 is 11.6 Å². The van der Waals surface area contributed by atoms with Gasteiger partial charge in [0, 0.05) is 17.9 Å². The van der Waals surface area contributed by atoms with E-state index in [0.717, 1.165) is 12.3 Å². The topological polar surface area (TPSA) is 161 Å². The standard InChI is InChI=1S/C14H19ClN2O7S2/c1-8-11(15)6-9(7-13(8)26(22,23)24)5-10(18)3-4-12(16)14(19)17-25(2,20)21/h6-7,12H,3-5,16H2,1-2H3,(H,17,19)(H,22,23,24)/t12-/m0/s1. The molecule has 0 saturated carbocycles. The molecule has 0 aliphatic carbocycles. The highest BCUT2D eigenvalue weighted by Crippen LogP contribution is 2.25. The molecule has 0 bridgehead atoms. The zero-order valence-corrected chi connectivity index (χ0v) is 16.4. The van der Waals surface area contributed by atoms with Crippen molar-refractivity contribution in [1.82, 2.24) is 4.72 Å². The zero-order chi connectivity index (χ0) is 20.3. The monoisotopic (exact) mass is 426 g/mol. The summed E-state index contributed by atoms with van der Waals surface area (Å²) in [5.74, 6) is -1.29. The Morgan fingerprint density at radius 2 is 1.85 bits per heavy atom. The van der Waals surface area contributed by atoms with Crippen LogP contribution in [-0.4, -0.2) is 45.4 Å². The molecule has 1 amide bonds. The lowest BCUT2D eigenvalue weighted by Gasteiger charge is -2.11. The number of nitrogens with one attached hydrogen (secondary N) is 1. The van der Waals surface area contributed by atoms with Gasteiger partial charge in [-0.1, -0.05) is 11.6 Å². The van der Waals surface area contributed by atoms with Gasteiger partial charge >= 0.3 is 0 Å². The molecule has 0 fully saturated rings. The van der Waals surface area contributed by atoms with Gasteiger partial charge in [-0.25, -0.2) is 8.42 Å². The molecular formula is C14H19ClN2O7S2. The molecule has 26 heavy (non-hydrogen) atoms. The average molecular weight is 427 g/mol. The predicted molar refractivity (Wildman–Crippen MR) is 94.9 cm³/mol. The summed E-state index contributed by atoms with van der Waals surface area (Å²) in [6.07, 6.45) is 0.385. The first-order valence-electron chi connectivity index (χ1n) is 7.26. The smallest absolute Gasteiger partial charge is 0.294 e. The van der Waals surface area contributed by atoms with Gasteiger partial charge in [0.15, 0.2) is 0 Å². The van der Waals surface area contributed by atoms with E-state index in [4.69, 9.17) is 17.3 Å². The maximum Gasteiger partial charge on any atom is 0.294 e. The van der Waals surface area contributed by atoms with Gasteiger partial charge in [-0.2, -0.15) is 8.42 Å². The molecule has 0 radical (unpaired) electrons. The van der Waals surface area contributed by atoms with Gasteiger partial charge in [0.25, 0.3) is 10.1 Å². The molecule has 0 saturated heterocycles. The minimum Gasteiger partial charge on any atom is -0.320 e.